The topological polar surface area (TPSA) is 61.8 Å². The summed E-state index contributed by atoms with van der Waals surface area (Å²) in [5, 5.41) is 0. The van der Waals surface area contributed by atoms with Gasteiger partial charge < -0.3 is 33.0 Å². The highest BCUT2D eigenvalue weighted by molar-refractivity contribution is 5.69. The first-order chi connectivity index (χ1) is 12.3. The zero-order valence-corrected chi connectivity index (χ0v) is 18.4. The maximum Gasteiger partial charge on any atom is 0.332 e. The van der Waals surface area contributed by atoms with E-state index >= 15 is 0 Å². The van der Waals surface area contributed by atoms with E-state index in [-0.39, 0.29) is 35.2 Å². The third kappa shape index (κ3) is 4.49. The van der Waals surface area contributed by atoms with Crippen molar-refractivity contribution in [2.45, 2.75) is 19.5 Å². The summed E-state index contributed by atoms with van der Waals surface area (Å²) in [5.41, 5.74) is 1.60. The summed E-state index contributed by atoms with van der Waals surface area (Å²) in [6.07, 6.45) is 2.57. The second-order valence-electron chi connectivity index (χ2n) is 7.47. The normalized spacial score (nSPS) is 11.6. The van der Waals surface area contributed by atoms with Gasteiger partial charge in [-0.15, -0.1) is 0 Å². The van der Waals surface area contributed by atoms with Gasteiger partial charge in [0.2, 0.25) is 0 Å². The number of aromatic nitrogens is 4. The zero-order chi connectivity index (χ0) is 18.9. The molecule has 0 spiro atoms. The molecular weight excluding hydrogens is 457 g/mol. The molecule has 0 fully saturated rings. The Morgan fingerprint density at radius 3 is 2.37 bits per heavy atom. The van der Waals surface area contributed by atoms with Gasteiger partial charge in [0.15, 0.2) is 11.2 Å². The molecule has 0 unspecified atom stereocenters. The number of imidazole rings is 1. The average molecular weight is 483 g/mol. The minimum absolute atomic E-state index is 0. The van der Waals surface area contributed by atoms with Crippen LogP contribution in [0.4, 0.5) is 0 Å². The predicted octanol–water partition coefficient (Wildman–Crippen LogP) is -1.90. The molecule has 8 heteroatoms. The molecule has 1 aromatic carbocycles. The quantitative estimate of drug-likeness (QED) is 0.304. The summed E-state index contributed by atoms with van der Waals surface area (Å²) in [6.45, 7) is 2.63. The molecule has 3 rings (SSSR count). The Kier molecular flexibility index (Phi) is 6.63. The number of hydrogen-bond acceptors (Lipinski definition) is 3. The number of hydrogen-bond donors (Lipinski definition) is 0. The smallest absolute Gasteiger partial charge is 0.332 e. The van der Waals surface area contributed by atoms with Crippen molar-refractivity contribution in [3.8, 4) is 0 Å². The van der Waals surface area contributed by atoms with E-state index in [9.17, 15) is 9.59 Å². The predicted molar refractivity (Wildman–Crippen MR) is 102 cm³/mol. The van der Waals surface area contributed by atoms with Crippen molar-refractivity contribution in [1.29, 1.82) is 0 Å². The van der Waals surface area contributed by atoms with Crippen LogP contribution in [-0.2, 0) is 27.2 Å². The third-order valence-corrected chi connectivity index (χ3v) is 4.83. The highest BCUT2D eigenvalue weighted by Crippen LogP contribution is 2.12. The van der Waals surface area contributed by atoms with E-state index in [0.29, 0.717) is 17.7 Å². The van der Waals surface area contributed by atoms with Crippen LogP contribution in [0.5, 0.6) is 0 Å². The average Bonchev–Trinajstić information content (AvgIpc) is 3.02. The Morgan fingerprint density at radius 1 is 1.04 bits per heavy atom. The van der Waals surface area contributed by atoms with Crippen LogP contribution in [0.25, 0.3) is 11.2 Å². The van der Waals surface area contributed by atoms with Crippen LogP contribution in [0.15, 0.2) is 46.2 Å². The number of rotatable bonds is 6. The van der Waals surface area contributed by atoms with Gasteiger partial charge in [0.25, 0.3) is 5.56 Å². The van der Waals surface area contributed by atoms with Crippen LogP contribution >= 0.6 is 0 Å². The van der Waals surface area contributed by atoms with E-state index in [4.69, 9.17) is 0 Å². The lowest BCUT2D eigenvalue weighted by Gasteiger charge is -2.30. The van der Waals surface area contributed by atoms with Crippen LogP contribution in [-0.4, -0.2) is 43.8 Å². The third-order valence-electron chi connectivity index (χ3n) is 4.83. The monoisotopic (exact) mass is 483 g/mol. The molecule has 0 amide bonds. The van der Waals surface area contributed by atoms with Crippen LogP contribution < -0.4 is 35.2 Å². The number of fused-ring (bicyclic) bond motifs is 1. The van der Waals surface area contributed by atoms with Gasteiger partial charge in [0.05, 0.1) is 27.0 Å². The van der Waals surface area contributed by atoms with E-state index in [2.05, 4.69) is 43.3 Å². The summed E-state index contributed by atoms with van der Waals surface area (Å²) < 4.78 is 5.28. The summed E-state index contributed by atoms with van der Waals surface area (Å²) in [5.74, 6) is 0. The fourth-order valence-corrected chi connectivity index (χ4v) is 3.39. The van der Waals surface area contributed by atoms with E-state index in [1.165, 1.54) is 17.2 Å². The van der Waals surface area contributed by atoms with Crippen molar-refractivity contribution < 1.29 is 28.5 Å². The van der Waals surface area contributed by atoms with Crippen molar-refractivity contribution in [3.05, 3.63) is 63.1 Å². The van der Waals surface area contributed by atoms with Gasteiger partial charge >= 0.3 is 5.69 Å². The molecule has 0 radical (unpaired) electrons. The molecule has 2 aromatic heterocycles. The van der Waals surface area contributed by atoms with Gasteiger partial charge in [-0.05, 0) is 0 Å². The number of benzene rings is 1. The molecule has 7 nitrogen and oxygen atoms in total. The van der Waals surface area contributed by atoms with Gasteiger partial charge in [-0.3, -0.25) is 13.9 Å². The molecule has 27 heavy (non-hydrogen) atoms. The zero-order valence-electron chi connectivity index (χ0n) is 16.2. The van der Waals surface area contributed by atoms with E-state index < -0.39 is 0 Å². The fraction of sp³-hybridized carbons (Fsp3) is 0.421. The largest absolute Gasteiger partial charge is 1.00 e. The Hall–Kier alpha value is -1.94. The molecule has 0 saturated heterocycles. The minimum Gasteiger partial charge on any atom is -1.00 e. The first kappa shape index (κ1) is 21.4. The first-order valence-electron chi connectivity index (χ1n) is 8.77. The molecule has 2 heterocycles. The second kappa shape index (κ2) is 8.39. The lowest BCUT2D eigenvalue weighted by Crippen LogP contribution is -3.00. The molecule has 146 valence electrons. The van der Waals surface area contributed by atoms with Crippen molar-refractivity contribution in [2.24, 2.45) is 14.1 Å². The van der Waals surface area contributed by atoms with Crippen molar-refractivity contribution in [2.75, 3.05) is 20.6 Å². The van der Waals surface area contributed by atoms with Crippen LogP contribution in [0.3, 0.4) is 0 Å². The summed E-state index contributed by atoms with van der Waals surface area (Å²) in [7, 11) is 7.56. The summed E-state index contributed by atoms with van der Waals surface area (Å²) in [6, 6.07) is 10.4. The Balaban J connectivity index is 0.00000261. The molecule has 0 atom stereocenters. The molecule has 0 bridgehead atoms. The van der Waals surface area contributed by atoms with Gasteiger partial charge in [0.1, 0.15) is 6.54 Å². The minimum atomic E-state index is -0.353. The lowest BCUT2D eigenvalue weighted by atomic mass is 10.2. The van der Waals surface area contributed by atoms with E-state index in [1.54, 1.807) is 13.4 Å². The summed E-state index contributed by atoms with van der Waals surface area (Å²) >= 11 is 0. The number of nitrogens with zero attached hydrogens (tertiary/aromatic N) is 5. The maximum absolute atomic E-state index is 12.5. The molecule has 3 aromatic rings. The van der Waals surface area contributed by atoms with Crippen molar-refractivity contribution >= 4 is 11.2 Å². The summed E-state index contributed by atoms with van der Waals surface area (Å²) in [4.78, 5) is 28.7. The van der Waals surface area contributed by atoms with Crippen LogP contribution in [0, 0.1) is 0 Å². The number of aryl methyl sites for hydroxylation is 2. The van der Waals surface area contributed by atoms with E-state index in [0.717, 1.165) is 28.6 Å². The van der Waals surface area contributed by atoms with Crippen molar-refractivity contribution in [1.82, 2.24) is 18.7 Å². The molecular formula is C19H26IN5O2. The Labute approximate surface area is 175 Å². The molecule has 0 aliphatic heterocycles. The number of quaternary nitrogens is 1. The van der Waals surface area contributed by atoms with Crippen LogP contribution in [0.1, 0.15) is 12.0 Å². The molecule has 0 saturated carbocycles. The van der Waals surface area contributed by atoms with Gasteiger partial charge in [-0.1, -0.05) is 30.3 Å². The Morgan fingerprint density at radius 2 is 1.70 bits per heavy atom. The first-order valence-corrected chi connectivity index (χ1v) is 8.77. The Bertz CT molecular complexity index is 1030. The van der Waals surface area contributed by atoms with Crippen LogP contribution in [0.2, 0.25) is 0 Å². The maximum atomic E-state index is 12.5. The highest BCUT2D eigenvalue weighted by Gasteiger charge is 2.17. The standard InChI is InChI=1S/C19H26N5O2.HI/c1-21-17-16(18(25)22(2)19(21)26)23(14-20-17)11-8-12-24(3,4)13-15-9-6-5-7-10-15;/h5-7,9-10,14H,8,11-13H2,1-4H3;1H/q+1;/p-1. The SMILES string of the molecule is Cn1c(=O)c2c(ncn2CCC[N+](C)(C)Cc2ccccc2)n(C)c1=O.[I-]. The van der Waals surface area contributed by atoms with Crippen molar-refractivity contribution in [3.63, 3.8) is 0 Å². The highest BCUT2D eigenvalue weighted by atomic mass is 127. The lowest BCUT2D eigenvalue weighted by molar-refractivity contribution is -0.903. The molecule has 0 aliphatic carbocycles. The van der Waals surface area contributed by atoms with Gasteiger partial charge in [0, 0.05) is 32.6 Å². The molecule has 0 N–H and O–H groups in total. The van der Waals surface area contributed by atoms with E-state index in [1.807, 2.05) is 10.6 Å². The fourth-order valence-electron chi connectivity index (χ4n) is 3.39. The number of halogens is 1. The van der Waals surface area contributed by atoms with Gasteiger partial charge in [-0.2, -0.15) is 0 Å². The second-order valence-corrected chi connectivity index (χ2v) is 7.47. The molecule has 0 aliphatic rings. The van der Waals surface area contributed by atoms with Gasteiger partial charge in [-0.25, -0.2) is 9.78 Å².